The van der Waals surface area contributed by atoms with Crippen LogP contribution in [0.5, 0.6) is 0 Å². The Morgan fingerprint density at radius 2 is 1.37 bits per heavy atom. The lowest BCUT2D eigenvalue weighted by atomic mass is 9.87. The third-order valence-corrected chi connectivity index (χ3v) is 5.88. The highest BCUT2D eigenvalue weighted by Crippen LogP contribution is 2.23. The van der Waals surface area contributed by atoms with Crippen LogP contribution in [-0.4, -0.2) is 21.4 Å². The van der Waals surface area contributed by atoms with Gasteiger partial charge in [-0.05, 0) is 65.9 Å². The molecule has 2 N–H and O–H groups in total. The normalized spacial score (nSPS) is 11.2. The number of carbonyl (C=O) groups is 2. The lowest BCUT2D eigenvalue weighted by Crippen LogP contribution is -2.15. The second-order valence-corrected chi connectivity index (χ2v) is 9.62. The fraction of sp³-hybridized carbons (Fsp3) is 0.207. The molecule has 0 unspecified atom stereocenters. The van der Waals surface area contributed by atoms with Gasteiger partial charge in [0.15, 0.2) is 0 Å². The standard InChI is InChI=1S/C29H30N4O2/c1-20-30-16-17-33(20)19-21-8-10-22(11-9-21)27(34)31-25-6-5-7-26(18-25)32-28(35)23-12-14-24(15-13-23)29(2,3)4/h5-18H,19H2,1-4H3,(H,31,34)(H,32,35). The first-order chi connectivity index (χ1) is 16.7. The average Bonchev–Trinajstić information content (AvgIpc) is 3.23. The van der Waals surface area contributed by atoms with Gasteiger partial charge < -0.3 is 15.2 Å². The monoisotopic (exact) mass is 466 g/mol. The number of amides is 2. The molecule has 4 aromatic rings. The number of imidazole rings is 1. The number of hydrogen-bond acceptors (Lipinski definition) is 3. The SMILES string of the molecule is Cc1nccn1Cc1ccc(C(=O)Nc2cccc(NC(=O)c3ccc(C(C)(C)C)cc3)c2)cc1. The van der Waals surface area contributed by atoms with Crippen LogP contribution in [0.15, 0.2) is 85.2 Å². The second kappa shape index (κ2) is 9.97. The van der Waals surface area contributed by atoms with Crippen LogP contribution in [0.4, 0.5) is 11.4 Å². The Balaban J connectivity index is 1.38. The molecule has 6 nitrogen and oxygen atoms in total. The van der Waals surface area contributed by atoms with Crippen molar-refractivity contribution in [2.45, 2.75) is 39.7 Å². The largest absolute Gasteiger partial charge is 0.331 e. The summed E-state index contributed by atoms with van der Waals surface area (Å²) in [6.07, 6.45) is 3.71. The fourth-order valence-electron chi connectivity index (χ4n) is 3.73. The molecular formula is C29H30N4O2. The van der Waals surface area contributed by atoms with Crippen molar-refractivity contribution in [1.82, 2.24) is 9.55 Å². The van der Waals surface area contributed by atoms with Crippen molar-refractivity contribution < 1.29 is 9.59 Å². The van der Waals surface area contributed by atoms with E-state index >= 15 is 0 Å². The summed E-state index contributed by atoms with van der Waals surface area (Å²) in [5.41, 5.74) is 4.64. The number of hydrogen-bond donors (Lipinski definition) is 2. The Hall–Kier alpha value is -4.19. The Bertz CT molecular complexity index is 1330. The molecule has 3 aromatic carbocycles. The minimum Gasteiger partial charge on any atom is -0.331 e. The average molecular weight is 467 g/mol. The van der Waals surface area contributed by atoms with Crippen LogP contribution < -0.4 is 10.6 Å². The van der Waals surface area contributed by atoms with Crippen LogP contribution >= 0.6 is 0 Å². The molecule has 0 aliphatic rings. The summed E-state index contributed by atoms with van der Waals surface area (Å²) < 4.78 is 2.05. The van der Waals surface area contributed by atoms with E-state index in [0.717, 1.165) is 11.4 Å². The highest BCUT2D eigenvalue weighted by atomic mass is 16.2. The molecule has 0 spiro atoms. The first-order valence-electron chi connectivity index (χ1n) is 11.6. The molecule has 4 rings (SSSR count). The Morgan fingerprint density at radius 3 is 1.86 bits per heavy atom. The maximum Gasteiger partial charge on any atom is 0.255 e. The zero-order valence-corrected chi connectivity index (χ0v) is 20.5. The zero-order valence-electron chi connectivity index (χ0n) is 20.5. The minimum absolute atomic E-state index is 0.0287. The number of anilines is 2. The van der Waals surface area contributed by atoms with Gasteiger partial charge in [-0.25, -0.2) is 4.98 Å². The van der Waals surface area contributed by atoms with Crippen LogP contribution in [0.2, 0.25) is 0 Å². The molecule has 0 aliphatic heterocycles. The van der Waals surface area contributed by atoms with Crippen molar-refractivity contribution in [2.75, 3.05) is 10.6 Å². The lowest BCUT2D eigenvalue weighted by Gasteiger charge is -2.19. The van der Waals surface area contributed by atoms with E-state index in [1.54, 1.807) is 30.5 Å². The molecule has 0 bridgehead atoms. The topological polar surface area (TPSA) is 76.0 Å². The maximum absolute atomic E-state index is 12.8. The number of aryl methyl sites for hydroxylation is 1. The number of carbonyl (C=O) groups excluding carboxylic acids is 2. The summed E-state index contributed by atoms with van der Waals surface area (Å²) in [5.74, 6) is 0.537. The van der Waals surface area contributed by atoms with Crippen molar-refractivity contribution in [3.8, 4) is 0 Å². The van der Waals surface area contributed by atoms with Gasteiger partial charge in [-0.15, -0.1) is 0 Å². The number of aromatic nitrogens is 2. The Labute approximate surface area is 206 Å². The molecule has 1 aromatic heterocycles. The van der Waals surface area contributed by atoms with Gasteiger partial charge in [0.05, 0.1) is 0 Å². The first kappa shape index (κ1) is 24.0. The molecule has 1 heterocycles. The third-order valence-electron chi connectivity index (χ3n) is 5.88. The van der Waals surface area contributed by atoms with Crippen LogP contribution in [0.3, 0.4) is 0 Å². The molecule has 178 valence electrons. The number of benzene rings is 3. The van der Waals surface area contributed by atoms with Crippen LogP contribution in [-0.2, 0) is 12.0 Å². The maximum atomic E-state index is 12.8. The number of rotatable bonds is 6. The molecule has 0 aliphatic carbocycles. The quantitative estimate of drug-likeness (QED) is 0.364. The van der Waals surface area contributed by atoms with Gasteiger partial charge in [-0.3, -0.25) is 9.59 Å². The predicted molar refractivity (Wildman–Crippen MR) is 140 cm³/mol. The summed E-state index contributed by atoms with van der Waals surface area (Å²) in [6, 6.07) is 22.3. The van der Waals surface area contributed by atoms with Crippen molar-refractivity contribution in [1.29, 1.82) is 0 Å². The highest BCUT2D eigenvalue weighted by molar-refractivity contribution is 6.06. The Kier molecular flexibility index (Phi) is 6.82. The minimum atomic E-state index is -0.211. The molecule has 0 saturated carbocycles. The summed E-state index contributed by atoms with van der Waals surface area (Å²) in [5, 5.41) is 5.81. The lowest BCUT2D eigenvalue weighted by molar-refractivity contribution is 0.101. The molecule has 2 amide bonds. The second-order valence-electron chi connectivity index (χ2n) is 9.62. The van der Waals surface area contributed by atoms with E-state index in [0.29, 0.717) is 29.0 Å². The van der Waals surface area contributed by atoms with Gasteiger partial charge >= 0.3 is 0 Å². The molecule has 6 heteroatoms. The molecular weight excluding hydrogens is 436 g/mol. The Morgan fingerprint density at radius 1 is 0.829 bits per heavy atom. The summed E-state index contributed by atoms with van der Waals surface area (Å²) in [4.78, 5) is 29.7. The van der Waals surface area contributed by atoms with Gasteiger partial charge in [0.25, 0.3) is 11.8 Å². The molecule has 0 radical (unpaired) electrons. The van der Waals surface area contributed by atoms with Gasteiger partial charge in [-0.1, -0.05) is 51.1 Å². The van der Waals surface area contributed by atoms with Crippen molar-refractivity contribution in [3.05, 3.63) is 113 Å². The van der Waals surface area contributed by atoms with E-state index in [1.807, 2.05) is 66.2 Å². The van der Waals surface area contributed by atoms with Crippen LogP contribution in [0, 0.1) is 6.92 Å². The van der Waals surface area contributed by atoms with E-state index in [1.165, 1.54) is 5.56 Å². The van der Waals surface area contributed by atoms with Crippen molar-refractivity contribution in [2.24, 2.45) is 0 Å². The van der Waals surface area contributed by atoms with Gasteiger partial charge in [0.2, 0.25) is 0 Å². The first-order valence-corrected chi connectivity index (χ1v) is 11.6. The predicted octanol–water partition coefficient (Wildman–Crippen LogP) is 6.04. The third kappa shape index (κ3) is 6.03. The van der Waals surface area contributed by atoms with Crippen LogP contribution in [0.25, 0.3) is 0 Å². The smallest absolute Gasteiger partial charge is 0.255 e. The van der Waals surface area contributed by atoms with E-state index < -0.39 is 0 Å². The molecule has 35 heavy (non-hydrogen) atoms. The van der Waals surface area contributed by atoms with Gasteiger partial charge in [-0.2, -0.15) is 0 Å². The highest BCUT2D eigenvalue weighted by Gasteiger charge is 2.15. The van der Waals surface area contributed by atoms with E-state index in [4.69, 9.17) is 0 Å². The molecule has 0 fully saturated rings. The summed E-state index contributed by atoms with van der Waals surface area (Å²) in [6.45, 7) is 9.07. The van der Waals surface area contributed by atoms with Crippen molar-refractivity contribution in [3.63, 3.8) is 0 Å². The zero-order chi connectivity index (χ0) is 25.0. The number of nitrogens with zero attached hydrogens (tertiary/aromatic N) is 2. The van der Waals surface area contributed by atoms with E-state index in [9.17, 15) is 9.59 Å². The number of nitrogens with one attached hydrogen (secondary N) is 2. The van der Waals surface area contributed by atoms with Crippen LogP contribution in [0.1, 0.15) is 58.4 Å². The molecule has 0 atom stereocenters. The fourth-order valence-corrected chi connectivity index (χ4v) is 3.73. The van der Waals surface area contributed by atoms with E-state index in [2.05, 4.69) is 36.4 Å². The summed E-state index contributed by atoms with van der Waals surface area (Å²) in [7, 11) is 0. The van der Waals surface area contributed by atoms with Gasteiger partial charge in [0.1, 0.15) is 5.82 Å². The molecule has 0 saturated heterocycles. The summed E-state index contributed by atoms with van der Waals surface area (Å²) >= 11 is 0. The van der Waals surface area contributed by atoms with E-state index in [-0.39, 0.29) is 17.2 Å². The van der Waals surface area contributed by atoms with Gasteiger partial charge in [0, 0.05) is 41.4 Å². The van der Waals surface area contributed by atoms with Crippen molar-refractivity contribution >= 4 is 23.2 Å².